The quantitative estimate of drug-likeness (QED) is 0.0896. The fraction of sp³-hybridized carbons (Fsp3) is 0.590. The van der Waals surface area contributed by atoms with E-state index >= 15 is 0 Å². The summed E-state index contributed by atoms with van der Waals surface area (Å²) in [5.41, 5.74) is 5.35. The highest BCUT2D eigenvalue weighted by atomic mass is 32.2. The Kier molecular flexibility index (Phi) is 25.0. The van der Waals surface area contributed by atoms with Gasteiger partial charge in [0.25, 0.3) is 40.1 Å². The molecule has 5 aromatic rings. The zero-order chi connectivity index (χ0) is 77.8. The molecule has 4 saturated heterocycles. The molecule has 0 spiro atoms. The molecule has 8 aliphatic heterocycles. The Bertz CT molecular complexity index is 4590. The minimum Gasteiger partial charge on any atom is -0.339 e. The summed E-state index contributed by atoms with van der Waals surface area (Å²) in [7, 11) is -14.3. The van der Waals surface area contributed by atoms with Crippen molar-refractivity contribution in [3.05, 3.63) is 144 Å². The summed E-state index contributed by atoms with van der Waals surface area (Å²) in [6.45, 7) is 34.6. The molecule has 5 aromatic carbocycles. The van der Waals surface area contributed by atoms with Crippen LogP contribution in [0.1, 0.15) is 141 Å². The summed E-state index contributed by atoms with van der Waals surface area (Å²) in [4.78, 5) is 38.4. The zero-order valence-electron chi connectivity index (χ0n) is 66.4. The average Bonchev–Trinajstić information content (AvgIpc) is 1.70. The lowest BCUT2D eigenvalue weighted by molar-refractivity contribution is 0.0833. The number of nitrogens with zero attached hydrogens (tertiary/aromatic N) is 16. The number of benzene rings is 5. The van der Waals surface area contributed by atoms with Gasteiger partial charge in [-0.25, -0.2) is 50.9 Å². The number of piperazine rings is 4. The lowest BCUT2D eigenvalue weighted by atomic mass is 9.87. The van der Waals surface area contributed by atoms with Crippen molar-refractivity contribution >= 4 is 63.9 Å². The number of aliphatic imine (C=N–C) groups is 4. The molecular weight excluding hydrogens is 1480 g/mol. The van der Waals surface area contributed by atoms with Gasteiger partial charge in [0, 0.05) is 129 Å². The summed E-state index contributed by atoms with van der Waals surface area (Å²) >= 11 is 0. The van der Waals surface area contributed by atoms with Crippen LogP contribution in [0.4, 0.5) is 0 Å². The van der Waals surface area contributed by atoms with E-state index in [0.717, 1.165) is 157 Å². The molecule has 0 atom stereocenters. The molecule has 602 valence electrons. The Balaban J connectivity index is 0.000000123. The van der Waals surface area contributed by atoms with E-state index in [1.807, 2.05) is 78.9 Å². The molecule has 4 saturated carbocycles. The predicted molar refractivity (Wildman–Crippen MR) is 441 cm³/mol. The van der Waals surface area contributed by atoms with Crippen LogP contribution in [0.25, 0.3) is 11.1 Å². The first-order valence-corrected chi connectivity index (χ1v) is 46.8. The molecule has 0 N–H and O–H groups in total. The maximum absolute atomic E-state index is 13.5. The van der Waals surface area contributed by atoms with Crippen LogP contribution >= 0.6 is 0 Å². The van der Waals surface area contributed by atoms with Gasteiger partial charge in [-0.15, -0.1) is 0 Å². The minimum absolute atomic E-state index is 0.00265. The van der Waals surface area contributed by atoms with E-state index in [9.17, 15) is 33.7 Å². The van der Waals surface area contributed by atoms with Crippen LogP contribution in [0, 0.1) is 5.92 Å². The topological polar surface area (TPSA) is 225 Å². The van der Waals surface area contributed by atoms with Gasteiger partial charge in [-0.3, -0.25) is 39.6 Å². The normalized spacial score (nSPS) is 21.8. The maximum Gasteiger partial charge on any atom is 0.266 e. The highest BCUT2D eigenvalue weighted by Gasteiger charge is 2.42. The molecule has 0 radical (unpaired) electrons. The monoisotopic (exact) mass is 1590 g/mol. The minimum atomic E-state index is -3.64. The van der Waals surface area contributed by atoms with Crippen molar-refractivity contribution in [3.63, 3.8) is 0 Å². The lowest BCUT2D eigenvalue weighted by Gasteiger charge is -2.44. The Morgan fingerprint density at radius 2 is 0.667 bits per heavy atom. The van der Waals surface area contributed by atoms with E-state index in [-0.39, 0.29) is 5.41 Å². The number of rotatable bonds is 16. The van der Waals surface area contributed by atoms with E-state index in [1.165, 1.54) is 88.0 Å². The first kappa shape index (κ1) is 80.4. The third kappa shape index (κ3) is 18.6. The van der Waals surface area contributed by atoms with Crippen molar-refractivity contribution in [2.24, 2.45) is 25.9 Å². The molecule has 0 amide bonds. The summed E-state index contributed by atoms with van der Waals surface area (Å²) in [5.74, 6) is 4.19. The summed E-state index contributed by atoms with van der Waals surface area (Å²) < 4.78 is 112. The Labute approximate surface area is 662 Å². The molecular formula is C83H118N16O8S4. The van der Waals surface area contributed by atoms with Crippen LogP contribution in [0.5, 0.6) is 0 Å². The van der Waals surface area contributed by atoms with Crippen molar-refractivity contribution in [2.75, 3.05) is 164 Å². The lowest BCUT2D eigenvalue weighted by Crippen LogP contribution is -2.56. The summed E-state index contributed by atoms with van der Waals surface area (Å²) in [6, 6.07) is 41.3. The molecule has 0 unspecified atom stereocenters. The van der Waals surface area contributed by atoms with Crippen LogP contribution in [0.3, 0.4) is 0 Å². The second kappa shape index (κ2) is 34.5. The Morgan fingerprint density at radius 1 is 0.342 bits per heavy atom. The second-order valence-corrected chi connectivity index (χ2v) is 40.8. The van der Waals surface area contributed by atoms with E-state index in [0.29, 0.717) is 108 Å². The number of sulfonamides is 4. The van der Waals surface area contributed by atoms with Gasteiger partial charge in [0.15, 0.2) is 0 Å². The van der Waals surface area contributed by atoms with Gasteiger partial charge >= 0.3 is 0 Å². The molecule has 111 heavy (non-hydrogen) atoms. The Hall–Kier alpha value is -7.18. The van der Waals surface area contributed by atoms with E-state index in [2.05, 4.69) is 108 Å². The van der Waals surface area contributed by atoms with Crippen LogP contribution in [0.15, 0.2) is 167 Å². The number of guanidine groups is 4. The summed E-state index contributed by atoms with van der Waals surface area (Å²) in [5, 5.41) is 0. The van der Waals surface area contributed by atoms with Gasteiger partial charge in [0.1, 0.15) is 0 Å². The first-order valence-electron chi connectivity index (χ1n) is 41.0. The largest absolute Gasteiger partial charge is 0.339 e. The van der Waals surface area contributed by atoms with Gasteiger partial charge in [0.05, 0.1) is 71.9 Å². The standard InChI is InChI=1S/C23H28N4O2S.C21H32N4O2S.C20H30N4O2S.C19H28N4O2S/c28-30(29,22-11-4-8-20(18-22)19-6-2-1-3-7-19)27-13-12-24-23(27)26-16-14-25(15-17-26)21-9-5-10-21;1-21(2,3)17-7-9-19(10-8-17)28(26,27)25-12-11-22-20(25)24-15-13-23(14-16-24)18-5-4-6-18;1-16(2)18-5-7-19(8-6-18)27(25,26)24-10-9-21-20(24)23-13-11-22(12-14-23)15-17-3-4-17;1-15(2)16-3-7-18(8-4-16)26(24,25)23-10-9-20-19(23)22-13-11-21(12-14-22)17-5-6-17/h1-4,6-8,11,18,21H,5,9-10,12-17H2;7-10,18H,4-6,11-16H2,1-3H3;5-8,16-17H,3-4,9-15H2,1-2H3;3-4,7-8,15,17H,5-6,9-14H2,1-2H3. The van der Waals surface area contributed by atoms with Crippen molar-refractivity contribution in [3.8, 4) is 11.1 Å². The fourth-order valence-corrected chi connectivity index (χ4v) is 22.2. The molecule has 4 aliphatic carbocycles. The van der Waals surface area contributed by atoms with Crippen molar-refractivity contribution < 1.29 is 33.7 Å². The average molecular weight is 1600 g/mol. The maximum atomic E-state index is 13.5. The molecule has 8 heterocycles. The van der Waals surface area contributed by atoms with Crippen LogP contribution in [-0.2, 0) is 45.5 Å². The highest BCUT2D eigenvalue weighted by Crippen LogP contribution is 2.35. The SMILES string of the molecule is CC(C)(C)c1ccc(S(=O)(=O)N2CCN=C2N2CCN(C3CCC3)CC2)cc1.CC(C)c1ccc(S(=O)(=O)N2CCN=C2N2CCN(C3CC3)CC2)cc1.CC(C)c1ccc(S(=O)(=O)N2CCN=C2N2CCN(CC3CC3)CC2)cc1.O=S(=O)(c1cccc(-c2ccccc2)c1)N1CCN=C1N1CCN(C2CCC2)CC1. The van der Waals surface area contributed by atoms with Crippen LogP contribution in [-0.4, -0.2) is 296 Å². The fourth-order valence-electron chi connectivity index (χ4n) is 16.4. The van der Waals surface area contributed by atoms with Crippen LogP contribution in [0.2, 0.25) is 0 Å². The second-order valence-electron chi connectivity index (χ2n) is 33.4. The number of hydrogen-bond donors (Lipinski definition) is 0. The molecule has 8 fully saturated rings. The molecule has 24 nitrogen and oxygen atoms in total. The molecule has 12 aliphatic rings. The third-order valence-corrected chi connectivity index (χ3v) is 31.3. The molecule has 0 aromatic heterocycles. The van der Waals surface area contributed by atoms with Crippen molar-refractivity contribution in [1.29, 1.82) is 0 Å². The third-order valence-electron chi connectivity index (χ3n) is 24.1. The van der Waals surface area contributed by atoms with Gasteiger partial charge in [-0.1, -0.05) is 140 Å². The van der Waals surface area contributed by atoms with E-state index in [1.54, 1.807) is 48.5 Å². The highest BCUT2D eigenvalue weighted by molar-refractivity contribution is 7.90. The van der Waals surface area contributed by atoms with Crippen molar-refractivity contribution in [2.45, 2.75) is 168 Å². The number of hydrogen-bond acceptors (Lipinski definition) is 20. The summed E-state index contributed by atoms with van der Waals surface area (Å²) in [6.07, 6.45) is 13.3. The van der Waals surface area contributed by atoms with E-state index < -0.39 is 40.1 Å². The van der Waals surface area contributed by atoms with Crippen LogP contribution < -0.4 is 0 Å². The molecule has 17 rings (SSSR count). The Morgan fingerprint density at radius 3 is 0.982 bits per heavy atom. The first-order chi connectivity index (χ1) is 53.3. The van der Waals surface area contributed by atoms with Gasteiger partial charge in [-0.05, 0) is 151 Å². The molecule has 28 heteroatoms. The van der Waals surface area contributed by atoms with Gasteiger partial charge in [0.2, 0.25) is 23.8 Å². The zero-order valence-corrected chi connectivity index (χ0v) is 69.7. The predicted octanol–water partition coefficient (Wildman–Crippen LogP) is 9.55. The van der Waals surface area contributed by atoms with Gasteiger partial charge < -0.3 is 19.6 Å². The molecule has 0 bridgehead atoms. The van der Waals surface area contributed by atoms with Gasteiger partial charge in [-0.2, -0.15) is 0 Å². The van der Waals surface area contributed by atoms with E-state index in [4.69, 9.17) is 0 Å². The smallest absolute Gasteiger partial charge is 0.266 e. The van der Waals surface area contributed by atoms with Crippen molar-refractivity contribution in [1.82, 2.24) is 56.4 Å².